The van der Waals surface area contributed by atoms with Crippen LogP contribution in [0, 0.1) is 6.92 Å². The van der Waals surface area contributed by atoms with Crippen LogP contribution >= 0.6 is 0 Å². The summed E-state index contributed by atoms with van der Waals surface area (Å²) in [6.45, 7) is 6.71. The van der Waals surface area contributed by atoms with Crippen LogP contribution in [-0.2, 0) is 11.8 Å². The number of carbonyl (C=O) groups is 1. The summed E-state index contributed by atoms with van der Waals surface area (Å²) < 4.78 is 8.95. The van der Waals surface area contributed by atoms with Crippen LogP contribution in [0.25, 0.3) is 5.69 Å². The highest BCUT2D eigenvalue weighted by atomic mass is 16.5. The Labute approximate surface area is 146 Å². The SMILES string of the molecule is Cc1c(NC(=O)N2C[C@@H](C)O[C@H](C)C2)c(=O)n(-c2ccccc2)n1C. The van der Waals surface area contributed by atoms with Crippen LogP contribution in [0.1, 0.15) is 19.5 Å². The second-order valence-corrected chi connectivity index (χ2v) is 6.53. The van der Waals surface area contributed by atoms with Crippen LogP contribution < -0.4 is 10.9 Å². The van der Waals surface area contributed by atoms with Crippen LogP contribution in [0.5, 0.6) is 0 Å². The van der Waals surface area contributed by atoms with Gasteiger partial charge in [0.05, 0.1) is 23.6 Å². The lowest BCUT2D eigenvalue weighted by atomic mass is 10.2. The first-order chi connectivity index (χ1) is 11.9. The lowest BCUT2D eigenvalue weighted by Gasteiger charge is -2.35. The molecule has 1 N–H and O–H groups in total. The molecule has 1 aromatic heterocycles. The van der Waals surface area contributed by atoms with Gasteiger partial charge in [-0.15, -0.1) is 0 Å². The maximum Gasteiger partial charge on any atom is 0.322 e. The second kappa shape index (κ2) is 6.76. The van der Waals surface area contributed by atoms with Crippen molar-refractivity contribution in [2.45, 2.75) is 33.0 Å². The molecule has 1 aliphatic rings. The number of aromatic nitrogens is 2. The topological polar surface area (TPSA) is 68.5 Å². The Morgan fingerprint density at radius 2 is 1.76 bits per heavy atom. The van der Waals surface area contributed by atoms with Gasteiger partial charge in [-0.2, -0.15) is 0 Å². The van der Waals surface area contributed by atoms with E-state index in [2.05, 4.69) is 5.32 Å². The van der Waals surface area contributed by atoms with Crippen LogP contribution in [-0.4, -0.2) is 45.6 Å². The molecule has 0 spiro atoms. The molecular weight excluding hydrogens is 320 g/mol. The van der Waals surface area contributed by atoms with E-state index in [9.17, 15) is 9.59 Å². The van der Waals surface area contributed by atoms with Crippen molar-refractivity contribution in [2.75, 3.05) is 18.4 Å². The summed E-state index contributed by atoms with van der Waals surface area (Å²) >= 11 is 0. The highest BCUT2D eigenvalue weighted by Crippen LogP contribution is 2.16. The van der Waals surface area contributed by atoms with E-state index in [1.54, 1.807) is 21.3 Å². The summed E-state index contributed by atoms with van der Waals surface area (Å²) in [6.07, 6.45) is -0.0420. The van der Waals surface area contributed by atoms with Gasteiger partial charge in [0.2, 0.25) is 0 Å². The molecule has 0 saturated carbocycles. The van der Waals surface area contributed by atoms with E-state index in [-0.39, 0.29) is 23.8 Å². The molecular formula is C18H24N4O3. The average Bonchev–Trinajstić information content (AvgIpc) is 2.78. The van der Waals surface area contributed by atoms with E-state index in [0.717, 1.165) is 5.69 Å². The van der Waals surface area contributed by atoms with Crippen LogP contribution in [0.15, 0.2) is 35.1 Å². The van der Waals surface area contributed by atoms with Crippen molar-refractivity contribution in [1.29, 1.82) is 0 Å². The molecule has 7 heteroatoms. The molecule has 7 nitrogen and oxygen atoms in total. The molecule has 3 rings (SSSR count). The smallest absolute Gasteiger partial charge is 0.322 e. The van der Waals surface area contributed by atoms with Gasteiger partial charge in [-0.25, -0.2) is 9.48 Å². The van der Waals surface area contributed by atoms with Crippen LogP contribution in [0.2, 0.25) is 0 Å². The van der Waals surface area contributed by atoms with Gasteiger partial charge in [-0.3, -0.25) is 9.48 Å². The molecule has 0 aliphatic carbocycles. The van der Waals surface area contributed by atoms with Crippen molar-refractivity contribution in [1.82, 2.24) is 14.3 Å². The molecule has 25 heavy (non-hydrogen) atoms. The monoisotopic (exact) mass is 344 g/mol. The number of ether oxygens (including phenoxy) is 1. The fourth-order valence-electron chi connectivity index (χ4n) is 3.24. The first-order valence-electron chi connectivity index (χ1n) is 8.44. The zero-order valence-corrected chi connectivity index (χ0v) is 15.0. The number of hydrogen-bond acceptors (Lipinski definition) is 3. The normalized spacial score (nSPS) is 20.6. The molecule has 1 saturated heterocycles. The number of hydrogen-bond donors (Lipinski definition) is 1. The molecule has 0 unspecified atom stereocenters. The van der Waals surface area contributed by atoms with Crippen molar-refractivity contribution in [3.63, 3.8) is 0 Å². The quantitative estimate of drug-likeness (QED) is 0.907. The maximum absolute atomic E-state index is 12.8. The van der Waals surface area contributed by atoms with Crippen molar-refractivity contribution >= 4 is 11.7 Å². The second-order valence-electron chi connectivity index (χ2n) is 6.53. The van der Waals surface area contributed by atoms with Gasteiger partial charge in [0.25, 0.3) is 5.56 Å². The zero-order valence-electron chi connectivity index (χ0n) is 15.0. The molecule has 134 valence electrons. The third-order valence-corrected chi connectivity index (χ3v) is 4.49. The minimum Gasteiger partial charge on any atom is -0.372 e. The summed E-state index contributed by atoms with van der Waals surface area (Å²) in [5.74, 6) is 0. The van der Waals surface area contributed by atoms with E-state index < -0.39 is 0 Å². The van der Waals surface area contributed by atoms with Gasteiger partial charge in [-0.1, -0.05) is 18.2 Å². The molecule has 1 fully saturated rings. The fraction of sp³-hybridized carbons (Fsp3) is 0.444. The third kappa shape index (κ3) is 3.32. The van der Waals surface area contributed by atoms with Crippen LogP contribution in [0.3, 0.4) is 0 Å². The predicted molar refractivity (Wildman–Crippen MR) is 96.3 cm³/mol. The third-order valence-electron chi connectivity index (χ3n) is 4.49. The van der Waals surface area contributed by atoms with Crippen molar-refractivity contribution in [2.24, 2.45) is 7.05 Å². The standard InChI is InChI=1S/C18H24N4O3/c1-12-10-21(11-13(2)25-12)18(24)19-16-14(3)20(4)22(17(16)23)15-8-6-5-7-9-15/h5-9,12-13H,10-11H2,1-4H3,(H,19,24)/t12-,13-/m1/s1. The summed E-state index contributed by atoms with van der Waals surface area (Å²) in [6, 6.07) is 9.09. The molecule has 2 atom stereocenters. The van der Waals surface area contributed by atoms with E-state index in [0.29, 0.717) is 24.5 Å². The van der Waals surface area contributed by atoms with E-state index in [4.69, 9.17) is 4.74 Å². The number of morpholine rings is 1. The molecule has 2 heterocycles. The lowest BCUT2D eigenvalue weighted by molar-refractivity contribution is -0.0530. The van der Waals surface area contributed by atoms with E-state index >= 15 is 0 Å². The molecule has 1 aromatic carbocycles. The molecule has 2 amide bonds. The lowest BCUT2D eigenvalue weighted by Crippen LogP contribution is -2.50. The van der Waals surface area contributed by atoms with Gasteiger partial charge < -0.3 is 15.0 Å². The zero-order chi connectivity index (χ0) is 18.1. The molecule has 1 aliphatic heterocycles. The number of urea groups is 1. The Bertz CT molecular complexity index is 815. The Hall–Kier alpha value is -2.54. The Morgan fingerprint density at radius 1 is 1.16 bits per heavy atom. The molecule has 0 radical (unpaired) electrons. The van der Waals surface area contributed by atoms with Crippen LogP contribution in [0.4, 0.5) is 10.5 Å². The minimum absolute atomic E-state index is 0.0210. The number of carbonyl (C=O) groups excluding carboxylic acids is 1. The molecule has 2 aromatic rings. The number of anilines is 1. The van der Waals surface area contributed by atoms with Crippen molar-refractivity contribution in [3.8, 4) is 5.69 Å². The van der Waals surface area contributed by atoms with Gasteiger partial charge in [-0.05, 0) is 32.9 Å². The average molecular weight is 344 g/mol. The highest BCUT2D eigenvalue weighted by Gasteiger charge is 2.27. The summed E-state index contributed by atoms with van der Waals surface area (Å²) in [5.41, 5.74) is 1.53. The first-order valence-corrected chi connectivity index (χ1v) is 8.44. The van der Waals surface area contributed by atoms with Gasteiger partial charge >= 0.3 is 6.03 Å². The number of para-hydroxylation sites is 1. The van der Waals surface area contributed by atoms with E-state index in [1.165, 1.54) is 0 Å². The van der Waals surface area contributed by atoms with Crippen molar-refractivity contribution in [3.05, 3.63) is 46.4 Å². The largest absolute Gasteiger partial charge is 0.372 e. The van der Waals surface area contributed by atoms with Gasteiger partial charge in [0.15, 0.2) is 0 Å². The number of benzene rings is 1. The highest BCUT2D eigenvalue weighted by molar-refractivity contribution is 5.90. The summed E-state index contributed by atoms with van der Waals surface area (Å²) in [4.78, 5) is 27.2. The van der Waals surface area contributed by atoms with Gasteiger partial charge in [0, 0.05) is 20.1 Å². The van der Waals surface area contributed by atoms with E-state index in [1.807, 2.05) is 51.1 Å². The summed E-state index contributed by atoms with van der Waals surface area (Å²) in [5, 5.41) is 2.80. The Kier molecular flexibility index (Phi) is 4.67. The number of nitrogens with zero attached hydrogens (tertiary/aromatic N) is 3. The predicted octanol–water partition coefficient (Wildman–Crippen LogP) is 2.13. The number of amides is 2. The minimum atomic E-state index is -0.270. The maximum atomic E-state index is 12.8. The van der Waals surface area contributed by atoms with Crippen molar-refractivity contribution < 1.29 is 9.53 Å². The number of rotatable bonds is 2. The van der Waals surface area contributed by atoms with Gasteiger partial charge in [0.1, 0.15) is 5.69 Å². The number of nitrogens with one attached hydrogen (secondary N) is 1. The Morgan fingerprint density at radius 3 is 2.36 bits per heavy atom. The fourth-order valence-corrected chi connectivity index (χ4v) is 3.24. The summed E-state index contributed by atoms with van der Waals surface area (Å²) in [7, 11) is 1.80. The Balaban J connectivity index is 1.89. The molecule has 0 bridgehead atoms. The first kappa shape index (κ1) is 17.3.